The zero-order valence-electron chi connectivity index (χ0n) is 38.3. The highest BCUT2D eigenvalue weighted by Crippen LogP contribution is 2.41. The molecule has 11 rings (SSSR count). The van der Waals surface area contributed by atoms with Gasteiger partial charge in [0.2, 0.25) is 5.95 Å². The monoisotopic (exact) mass is 813 g/mol. The largest absolute Gasteiger partial charge is 0.308 e. The molecule has 0 atom stereocenters. The molecule has 0 aliphatic carbocycles. The van der Waals surface area contributed by atoms with Crippen molar-refractivity contribution in [3.8, 4) is 34.4 Å². The van der Waals surface area contributed by atoms with Crippen LogP contribution in [0.5, 0.6) is 0 Å². The highest BCUT2D eigenvalue weighted by molar-refractivity contribution is 7.26. The Bertz CT molecular complexity index is 3810. The third kappa shape index (κ3) is 5.62. The van der Waals surface area contributed by atoms with Crippen molar-refractivity contribution in [3.63, 3.8) is 0 Å². The first-order chi connectivity index (χ1) is 30.3. The summed E-state index contributed by atoms with van der Waals surface area (Å²) in [5.41, 5.74) is 23.0. The van der Waals surface area contributed by atoms with Crippen LogP contribution in [0.25, 0.3) is 98.2 Å². The fraction of sp³-hybridized carbons (Fsp3) is 0. The van der Waals surface area contributed by atoms with E-state index in [4.69, 9.17) is 15.0 Å². The van der Waals surface area contributed by atoms with Gasteiger partial charge in [0.25, 0.3) is 0 Å². The van der Waals surface area contributed by atoms with Gasteiger partial charge in [-0.25, -0.2) is 4.98 Å². The summed E-state index contributed by atoms with van der Waals surface area (Å²) in [6, 6.07) is 33.2. The lowest BCUT2D eigenvalue weighted by atomic mass is 9.60. The lowest BCUT2D eigenvalue weighted by Gasteiger charge is -2.20. The molecule has 4 aromatic heterocycles. The molecule has 4 heterocycles. The van der Waals surface area contributed by atoms with Crippen molar-refractivity contribution in [2.75, 3.05) is 0 Å². The zero-order valence-corrected chi connectivity index (χ0v) is 39.1. The molecule has 0 amide bonds. The Morgan fingerprint density at radius 2 is 1.02 bits per heavy atom. The van der Waals surface area contributed by atoms with Crippen LogP contribution in [0.15, 0.2) is 91.0 Å². The Labute approximate surface area is 382 Å². The third-order valence-electron chi connectivity index (χ3n) is 14.6. The molecule has 0 aliphatic rings. The molecule has 7 aromatic carbocycles. The van der Waals surface area contributed by atoms with E-state index in [0.29, 0.717) is 17.6 Å². The Morgan fingerprint density at radius 3 is 1.76 bits per heavy atom. The van der Waals surface area contributed by atoms with Crippen molar-refractivity contribution < 1.29 is 0 Å². The number of benzene rings is 7. The number of aromatic nitrogens is 5. The molecule has 0 radical (unpaired) electrons. The van der Waals surface area contributed by atoms with Gasteiger partial charge in [0, 0.05) is 58.7 Å². The molecule has 5 nitrogen and oxygen atoms in total. The van der Waals surface area contributed by atoms with Gasteiger partial charge in [0.05, 0.1) is 16.6 Å². The van der Waals surface area contributed by atoms with Gasteiger partial charge >= 0.3 is 0 Å². The van der Waals surface area contributed by atoms with Crippen molar-refractivity contribution in [1.29, 1.82) is 0 Å². The molecule has 0 saturated carbocycles. The predicted octanol–water partition coefficient (Wildman–Crippen LogP) is -9.13. The highest BCUT2D eigenvalue weighted by Gasteiger charge is 2.29. The van der Waals surface area contributed by atoms with Gasteiger partial charge in [-0.15, -0.1) is 27.7 Å². The summed E-state index contributed by atoms with van der Waals surface area (Å²) in [7, 11) is 27.1. The van der Waals surface area contributed by atoms with E-state index < -0.39 is 0 Å². The van der Waals surface area contributed by atoms with Crippen LogP contribution in [0.1, 0.15) is 0 Å². The van der Waals surface area contributed by atoms with E-state index in [2.05, 4.69) is 194 Å². The van der Waals surface area contributed by atoms with Crippen molar-refractivity contribution in [2.24, 2.45) is 0 Å². The zero-order chi connectivity index (χ0) is 43.9. The van der Waals surface area contributed by atoms with Gasteiger partial charge in [0.15, 0.2) is 11.6 Å². The maximum atomic E-state index is 5.69. The minimum atomic E-state index is 0.619. The number of rotatable bonds is 4. The molecule has 286 valence electrons. The molecule has 18 heteroatoms. The van der Waals surface area contributed by atoms with E-state index in [-0.39, 0.29) is 0 Å². The van der Waals surface area contributed by atoms with Crippen molar-refractivity contribution in [2.45, 2.75) is 0 Å². The second-order valence-electron chi connectivity index (χ2n) is 18.1. The normalized spacial score (nSPS) is 11.9. The van der Waals surface area contributed by atoms with Gasteiger partial charge < -0.3 is 4.57 Å². The molecule has 0 bridgehead atoms. The summed E-state index contributed by atoms with van der Waals surface area (Å²) in [4.78, 5) is 16.9. The number of nitrogens with zero attached hydrogens (tertiary/aromatic N) is 5. The van der Waals surface area contributed by atoms with Crippen LogP contribution in [0.3, 0.4) is 0 Å². The lowest BCUT2D eigenvalue weighted by Crippen LogP contribution is -2.55. The molecule has 0 aliphatic heterocycles. The van der Waals surface area contributed by atoms with Crippen LogP contribution in [0.4, 0.5) is 0 Å². The Morgan fingerprint density at radius 1 is 0.413 bits per heavy atom. The number of hydrogen-bond donors (Lipinski definition) is 0. The van der Waals surface area contributed by atoms with E-state index >= 15 is 0 Å². The Hall–Kier alpha value is -5.85. The molecule has 63 heavy (non-hydrogen) atoms. The van der Waals surface area contributed by atoms with Gasteiger partial charge in [-0.1, -0.05) is 116 Å². The van der Waals surface area contributed by atoms with E-state index in [0.717, 1.165) is 27.8 Å². The first-order valence-electron chi connectivity index (χ1n) is 22.1. The van der Waals surface area contributed by atoms with Crippen LogP contribution in [-0.4, -0.2) is 118 Å². The van der Waals surface area contributed by atoms with Gasteiger partial charge in [-0.05, 0) is 29.7 Å². The minimum absolute atomic E-state index is 0.619. The van der Waals surface area contributed by atoms with E-state index in [1.165, 1.54) is 118 Å². The van der Waals surface area contributed by atoms with E-state index in [1.54, 1.807) is 0 Å². The lowest BCUT2D eigenvalue weighted by molar-refractivity contribution is 0.957. The van der Waals surface area contributed by atoms with Crippen molar-refractivity contribution >= 4 is 235 Å². The predicted molar refractivity (Wildman–Crippen MR) is 310 cm³/mol. The van der Waals surface area contributed by atoms with Crippen LogP contribution in [-0.2, 0) is 0 Å². The van der Waals surface area contributed by atoms with Crippen molar-refractivity contribution in [3.05, 3.63) is 91.0 Å². The molecule has 11 aromatic rings. The first-order valence-corrected chi connectivity index (χ1v) is 22.9. The summed E-state index contributed by atoms with van der Waals surface area (Å²) >= 11 is 1.81. The van der Waals surface area contributed by atoms with E-state index in [9.17, 15) is 0 Å². The molecule has 0 unspecified atom stereocenters. The highest BCUT2D eigenvalue weighted by atomic mass is 32.1. The topological polar surface area (TPSA) is 48.5 Å². The molecular weight excluding hydrogens is 772 g/mol. The van der Waals surface area contributed by atoms with E-state index in [1.807, 2.05) is 11.3 Å². The third-order valence-corrected chi connectivity index (χ3v) is 15.8. The summed E-state index contributed by atoms with van der Waals surface area (Å²) in [5, 5.41) is 7.51. The van der Waals surface area contributed by atoms with Gasteiger partial charge in [0.1, 0.15) is 94.2 Å². The molecule has 0 fully saturated rings. The maximum absolute atomic E-state index is 5.69. The SMILES string of the molecule is Bc1cc(B)c2c(c1)c1c(B)c(B)c3c4c(B)c(B)cc(B)c4n(-c4ccccc4)c3c1n2-c1nc(-c2c(B)c(B)c(B)c(B)c2B)nc(-c2cccc3c2sc2ccccc23)n1. The number of fused-ring (bicyclic) bond motifs is 10. The van der Waals surface area contributed by atoms with Crippen LogP contribution in [0.2, 0.25) is 0 Å². The van der Waals surface area contributed by atoms with Crippen LogP contribution >= 0.6 is 11.3 Å². The Balaban J connectivity index is 1.40. The summed E-state index contributed by atoms with van der Waals surface area (Å²) in [5.74, 6) is 1.99. The minimum Gasteiger partial charge on any atom is -0.308 e. The van der Waals surface area contributed by atoms with Crippen LogP contribution in [0, 0.1) is 0 Å². The first kappa shape index (κ1) is 40.0. The summed E-state index contributed by atoms with van der Waals surface area (Å²) in [6.45, 7) is 0. The number of hydrogen-bond acceptors (Lipinski definition) is 4. The Kier molecular flexibility index (Phi) is 9.09. The fourth-order valence-electron chi connectivity index (χ4n) is 10.9. The smallest absolute Gasteiger partial charge is 0.238 e. The second kappa shape index (κ2) is 14.3. The molecular formula is C45H39B12N5S. The summed E-state index contributed by atoms with van der Waals surface area (Å²) in [6.07, 6.45) is 0. The molecule has 0 N–H and O–H groups in total. The molecule has 0 saturated heterocycles. The summed E-state index contributed by atoms with van der Waals surface area (Å²) < 4.78 is 7.37. The maximum Gasteiger partial charge on any atom is 0.238 e. The average Bonchev–Trinajstić information content (AvgIpc) is 3.95. The fourth-order valence-corrected chi connectivity index (χ4v) is 12.1. The average molecular weight is 812 g/mol. The van der Waals surface area contributed by atoms with Gasteiger partial charge in [-0.2, -0.15) is 9.97 Å². The second-order valence-corrected chi connectivity index (χ2v) is 19.2. The number of para-hydroxylation sites is 1. The van der Waals surface area contributed by atoms with Gasteiger partial charge in [-0.3, -0.25) is 4.57 Å². The quantitative estimate of drug-likeness (QED) is 0.166. The number of thiophene rings is 1. The van der Waals surface area contributed by atoms with Crippen molar-refractivity contribution in [1.82, 2.24) is 24.1 Å². The standard InChI is InChI=1S/C45H39B12N5S/c46-16-13-21-26-31(51)32(52)28-27-30(50)22(47)15-24(49)39(27)61(17-7-2-1-3-8-17)41(28)40(26)62(38(21)23(48)14-16)45-59-43(20-11-6-10-19-18-9-4-5-12-25(18)63-42(19)20)58-44(60-45)29-33(53)35(55)37(57)36(56)34(29)54/h1-15H,46-57H2. The van der Waals surface area contributed by atoms with Crippen LogP contribution < -0.4 is 65.6 Å². The molecule has 0 spiro atoms.